The van der Waals surface area contributed by atoms with Gasteiger partial charge in [0.15, 0.2) is 5.60 Å². The van der Waals surface area contributed by atoms with Crippen molar-refractivity contribution < 1.29 is 10.1 Å². The summed E-state index contributed by atoms with van der Waals surface area (Å²) in [7, 11) is 0. The minimum atomic E-state index is -0.950. The summed E-state index contributed by atoms with van der Waals surface area (Å²) in [5, 5.41) is 9.86. The van der Waals surface area contributed by atoms with Crippen molar-refractivity contribution in [3.63, 3.8) is 0 Å². The van der Waals surface area contributed by atoms with E-state index < -0.39 is 5.60 Å². The van der Waals surface area contributed by atoms with Crippen LogP contribution in [0.4, 0.5) is 0 Å². The molecule has 0 saturated heterocycles. The molecule has 0 atom stereocenters. The van der Waals surface area contributed by atoms with Crippen molar-refractivity contribution in [2.45, 2.75) is 5.60 Å². The molecule has 4 rings (SSSR count). The summed E-state index contributed by atoms with van der Waals surface area (Å²) >= 11 is 0. The maximum Gasteiger partial charge on any atom is 0.179 e. The van der Waals surface area contributed by atoms with Gasteiger partial charge in [-0.3, -0.25) is 5.26 Å². The van der Waals surface area contributed by atoms with E-state index in [1.165, 1.54) is 0 Å². The second-order valence-electron chi connectivity index (χ2n) is 5.23. The largest absolute Gasteiger partial charge is 0.250 e. The number of benzene rings is 3. The fraction of sp³-hybridized carbons (Fsp3) is 0.0526. The molecule has 0 amide bonds. The fourth-order valence-corrected chi connectivity index (χ4v) is 3.33. The molecule has 0 radical (unpaired) electrons. The molecule has 1 aliphatic carbocycles. The first-order valence-electron chi connectivity index (χ1n) is 6.95. The predicted molar refractivity (Wildman–Crippen MR) is 81.9 cm³/mol. The molecule has 0 heterocycles. The van der Waals surface area contributed by atoms with Crippen molar-refractivity contribution in [3.05, 3.63) is 95.6 Å². The molecule has 0 fully saturated rings. The lowest BCUT2D eigenvalue weighted by molar-refractivity contribution is -0.301. The van der Waals surface area contributed by atoms with E-state index in [1.54, 1.807) is 0 Å². The summed E-state index contributed by atoms with van der Waals surface area (Å²) < 4.78 is 0. The summed E-state index contributed by atoms with van der Waals surface area (Å²) in [6, 6.07) is 26.0. The molecule has 1 aliphatic rings. The Labute approximate surface area is 123 Å². The lowest BCUT2D eigenvalue weighted by Crippen LogP contribution is -2.29. The zero-order valence-corrected chi connectivity index (χ0v) is 11.4. The van der Waals surface area contributed by atoms with Crippen molar-refractivity contribution in [2.75, 3.05) is 0 Å². The molecule has 21 heavy (non-hydrogen) atoms. The monoisotopic (exact) mass is 274 g/mol. The maximum absolute atomic E-state index is 9.86. The van der Waals surface area contributed by atoms with Crippen molar-refractivity contribution >= 4 is 0 Å². The normalized spacial score (nSPS) is 14.5. The van der Waals surface area contributed by atoms with Crippen molar-refractivity contribution in [3.8, 4) is 11.1 Å². The standard InChI is InChI=1S/C19H14O2/c20-21-19(14-8-2-1-3-9-14)17-12-6-4-10-15(17)16-11-5-7-13-18(16)19/h1-13,20H. The van der Waals surface area contributed by atoms with Gasteiger partial charge in [-0.2, -0.15) is 0 Å². The van der Waals surface area contributed by atoms with Crippen LogP contribution in [0.3, 0.4) is 0 Å². The van der Waals surface area contributed by atoms with Gasteiger partial charge in [-0.25, -0.2) is 4.89 Å². The predicted octanol–water partition coefficient (Wildman–Crippen LogP) is 4.45. The van der Waals surface area contributed by atoms with Crippen LogP contribution >= 0.6 is 0 Å². The van der Waals surface area contributed by atoms with Gasteiger partial charge < -0.3 is 0 Å². The van der Waals surface area contributed by atoms with Crippen LogP contribution in [0, 0.1) is 0 Å². The van der Waals surface area contributed by atoms with Gasteiger partial charge in [0.2, 0.25) is 0 Å². The molecule has 102 valence electrons. The molecule has 0 aromatic heterocycles. The first kappa shape index (κ1) is 12.3. The molecule has 0 spiro atoms. The van der Waals surface area contributed by atoms with E-state index in [4.69, 9.17) is 4.89 Å². The molecule has 2 nitrogen and oxygen atoms in total. The third kappa shape index (κ3) is 1.54. The second kappa shape index (κ2) is 4.55. The highest BCUT2D eigenvalue weighted by molar-refractivity contribution is 5.82. The van der Waals surface area contributed by atoms with Gasteiger partial charge in [-0.05, 0) is 16.7 Å². The van der Waals surface area contributed by atoms with Crippen LogP contribution in [0.25, 0.3) is 11.1 Å². The molecule has 3 aromatic rings. The van der Waals surface area contributed by atoms with Crippen molar-refractivity contribution in [2.24, 2.45) is 0 Å². The van der Waals surface area contributed by atoms with E-state index in [2.05, 4.69) is 12.1 Å². The maximum atomic E-state index is 9.86. The number of fused-ring (bicyclic) bond motifs is 3. The molecule has 0 unspecified atom stereocenters. The fourth-order valence-electron chi connectivity index (χ4n) is 3.33. The molecule has 2 heteroatoms. The van der Waals surface area contributed by atoms with Crippen LogP contribution in [0.2, 0.25) is 0 Å². The zero-order chi connectivity index (χ0) is 14.3. The van der Waals surface area contributed by atoms with Gasteiger partial charge in [-0.15, -0.1) is 0 Å². The number of hydrogen-bond acceptors (Lipinski definition) is 2. The lowest BCUT2D eigenvalue weighted by atomic mass is 9.84. The van der Waals surface area contributed by atoms with E-state index in [9.17, 15) is 5.26 Å². The molecular weight excluding hydrogens is 260 g/mol. The van der Waals surface area contributed by atoms with Gasteiger partial charge in [0.1, 0.15) is 0 Å². The number of hydrogen-bond donors (Lipinski definition) is 1. The Morgan fingerprint density at radius 3 is 1.62 bits per heavy atom. The van der Waals surface area contributed by atoms with E-state index in [0.29, 0.717) is 0 Å². The van der Waals surface area contributed by atoms with Crippen LogP contribution < -0.4 is 0 Å². The summed E-state index contributed by atoms with van der Waals surface area (Å²) in [5.41, 5.74) is 4.12. The van der Waals surface area contributed by atoms with Crippen LogP contribution in [0.15, 0.2) is 78.9 Å². The Kier molecular flexibility index (Phi) is 2.67. The van der Waals surface area contributed by atoms with E-state index in [-0.39, 0.29) is 0 Å². The average molecular weight is 274 g/mol. The molecule has 0 aliphatic heterocycles. The first-order chi connectivity index (χ1) is 10.4. The van der Waals surface area contributed by atoms with E-state index in [1.807, 2.05) is 66.7 Å². The highest BCUT2D eigenvalue weighted by Gasteiger charge is 2.46. The van der Waals surface area contributed by atoms with Crippen LogP contribution in [0.1, 0.15) is 16.7 Å². The highest BCUT2D eigenvalue weighted by Crippen LogP contribution is 2.52. The van der Waals surface area contributed by atoms with Crippen LogP contribution in [-0.4, -0.2) is 5.26 Å². The third-order valence-electron chi connectivity index (χ3n) is 4.22. The Morgan fingerprint density at radius 1 is 0.619 bits per heavy atom. The SMILES string of the molecule is OOC1(c2ccccc2)c2ccccc2-c2ccccc21. The Balaban J connectivity index is 2.12. The summed E-state index contributed by atoms with van der Waals surface area (Å²) in [6.45, 7) is 0. The Bertz CT molecular complexity index is 748. The Morgan fingerprint density at radius 2 is 1.10 bits per heavy atom. The molecule has 3 aromatic carbocycles. The third-order valence-corrected chi connectivity index (χ3v) is 4.22. The zero-order valence-electron chi connectivity index (χ0n) is 11.4. The van der Waals surface area contributed by atoms with E-state index >= 15 is 0 Å². The van der Waals surface area contributed by atoms with Crippen molar-refractivity contribution in [1.82, 2.24) is 0 Å². The van der Waals surface area contributed by atoms with Gasteiger partial charge in [0.05, 0.1) is 0 Å². The van der Waals surface area contributed by atoms with Crippen LogP contribution in [-0.2, 0) is 10.5 Å². The summed E-state index contributed by atoms with van der Waals surface area (Å²) in [6.07, 6.45) is 0. The minimum absolute atomic E-state index is 0.921. The highest BCUT2D eigenvalue weighted by atomic mass is 17.1. The van der Waals surface area contributed by atoms with Gasteiger partial charge in [-0.1, -0.05) is 78.9 Å². The van der Waals surface area contributed by atoms with Gasteiger partial charge in [0.25, 0.3) is 0 Å². The number of rotatable bonds is 2. The second-order valence-corrected chi connectivity index (χ2v) is 5.23. The minimum Gasteiger partial charge on any atom is -0.250 e. The lowest BCUT2D eigenvalue weighted by Gasteiger charge is -2.28. The van der Waals surface area contributed by atoms with Gasteiger partial charge in [0, 0.05) is 11.1 Å². The molecular formula is C19H14O2. The summed E-state index contributed by atoms with van der Waals surface area (Å²) in [5.74, 6) is 0. The van der Waals surface area contributed by atoms with Gasteiger partial charge >= 0.3 is 0 Å². The molecule has 0 bridgehead atoms. The smallest absolute Gasteiger partial charge is 0.179 e. The molecule has 0 saturated carbocycles. The summed E-state index contributed by atoms with van der Waals surface area (Å²) in [4.78, 5) is 5.14. The topological polar surface area (TPSA) is 29.5 Å². The first-order valence-corrected chi connectivity index (χ1v) is 6.95. The quantitative estimate of drug-likeness (QED) is 0.552. The average Bonchev–Trinajstić information content (AvgIpc) is 2.87. The Hall–Kier alpha value is -2.42. The molecule has 1 N–H and O–H groups in total. The van der Waals surface area contributed by atoms with E-state index in [0.717, 1.165) is 27.8 Å². The van der Waals surface area contributed by atoms with Crippen LogP contribution in [0.5, 0.6) is 0 Å². The van der Waals surface area contributed by atoms with Crippen molar-refractivity contribution in [1.29, 1.82) is 0 Å².